The highest BCUT2D eigenvalue weighted by atomic mass is 16.7. The van der Waals surface area contributed by atoms with Gasteiger partial charge in [-0.05, 0) is 43.5 Å². The fraction of sp³-hybridized carbons (Fsp3) is 0.250. The van der Waals surface area contributed by atoms with Crippen LogP contribution in [0.5, 0.6) is 11.5 Å². The summed E-state index contributed by atoms with van der Waals surface area (Å²) in [5, 5.41) is 4.03. The van der Waals surface area contributed by atoms with E-state index in [1.165, 1.54) is 0 Å². The maximum Gasteiger partial charge on any atom is 0.250 e. The third kappa shape index (κ3) is 2.71. The first kappa shape index (κ1) is 15.9. The predicted molar refractivity (Wildman–Crippen MR) is 98.5 cm³/mol. The van der Waals surface area contributed by atoms with Crippen LogP contribution in [0.15, 0.2) is 33.6 Å². The third-order valence-corrected chi connectivity index (χ3v) is 4.90. The smallest absolute Gasteiger partial charge is 0.250 e. The van der Waals surface area contributed by atoms with Crippen LogP contribution in [0.1, 0.15) is 29.3 Å². The van der Waals surface area contributed by atoms with Gasteiger partial charge in [0, 0.05) is 30.1 Å². The summed E-state index contributed by atoms with van der Waals surface area (Å²) in [7, 11) is 0. The summed E-state index contributed by atoms with van der Waals surface area (Å²) in [6.07, 6.45) is 5.45. The summed E-state index contributed by atoms with van der Waals surface area (Å²) in [5.41, 5.74) is 3.38. The molecule has 4 heterocycles. The Labute approximate surface area is 154 Å². The van der Waals surface area contributed by atoms with Crippen LogP contribution in [0.4, 0.5) is 0 Å². The lowest BCUT2D eigenvalue weighted by molar-refractivity contribution is 0.174. The molecule has 7 nitrogen and oxygen atoms in total. The van der Waals surface area contributed by atoms with Crippen molar-refractivity contribution in [2.24, 2.45) is 0 Å². The zero-order valence-electron chi connectivity index (χ0n) is 14.8. The number of hydrogen-bond acceptors (Lipinski definition) is 6. The van der Waals surface area contributed by atoms with E-state index in [0.717, 1.165) is 42.1 Å². The molecule has 0 bridgehead atoms. The topological polar surface area (TPSA) is 79.4 Å². The van der Waals surface area contributed by atoms with Crippen molar-refractivity contribution in [1.29, 1.82) is 0 Å². The first-order chi connectivity index (χ1) is 13.2. The quantitative estimate of drug-likeness (QED) is 0.712. The van der Waals surface area contributed by atoms with Crippen LogP contribution in [0.25, 0.3) is 23.5 Å². The van der Waals surface area contributed by atoms with Gasteiger partial charge >= 0.3 is 0 Å². The molecule has 0 saturated carbocycles. The van der Waals surface area contributed by atoms with E-state index in [1.807, 2.05) is 31.2 Å². The van der Waals surface area contributed by atoms with Crippen LogP contribution in [-0.2, 0) is 13.0 Å². The van der Waals surface area contributed by atoms with Gasteiger partial charge in [-0.25, -0.2) is 0 Å². The van der Waals surface area contributed by atoms with E-state index in [0.29, 0.717) is 23.0 Å². The Morgan fingerprint density at radius 3 is 2.96 bits per heavy atom. The second-order valence-electron chi connectivity index (χ2n) is 6.63. The molecule has 2 aliphatic rings. The summed E-state index contributed by atoms with van der Waals surface area (Å²) < 4.78 is 18.2. The first-order valence-electron chi connectivity index (χ1n) is 8.84. The van der Waals surface area contributed by atoms with Crippen LogP contribution >= 0.6 is 0 Å². The van der Waals surface area contributed by atoms with Gasteiger partial charge in [0.25, 0.3) is 5.89 Å². The average Bonchev–Trinajstić information content (AvgIpc) is 3.40. The van der Waals surface area contributed by atoms with Crippen molar-refractivity contribution < 1.29 is 14.0 Å². The molecule has 0 aliphatic carbocycles. The molecule has 7 heteroatoms. The fourth-order valence-corrected chi connectivity index (χ4v) is 3.63. The maximum absolute atomic E-state index is 12.5. The highest BCUT2D eigenvalue weighted by molar-refractivity contribution is 5.69. The van der Waals surface area contributed by atoms with Crippen LogP contribution in [0, 0.1) is 6.92 Å². The molecule has 0 amide bonds. The molecule has 0 saturated heterocycles. The van der Waals surface area contributed by atoms with E-state index in [-0.39, 0.29) is 12.2 Å². The van der Waals surface area contributed by atoms with Crippen molar-refractivity contribution >= 4 is 12.2 Å². The molecule has 3 aromatic rings. The number of nitrogens with zero attached hydrogens (tertiary/aromatic N) is 3. The molecule has 0 spiro atoms. The van der Waals surface area contributed by atoms with Gasteiger partial charge in [-0.15, -0.1) is 0 Å². The maximum atomic E-state index is 12.5. The monoisotopic (exact) mass is 363 g/mol. The van der Waals surface area contributed by atoms with E-state index in [1.54, 1.807) is 12.1 Å². The first-order valence-corrected chi connectivity index (χ1v) is 8.84. The molecule has 0 N–H and O–H groups in total. The summed E-state index contributed by atoms with van der Waals surface area (Å²) in [4.78, 5) is 16.9. The Morgan fingerprint density at radius 2 is 2.04 bits per heavy atom. The largest absolute Gasteiger partial charge is 0.454 e. The van der Waals surface area contributed by atoms with Crippen molar-refractivity contribution in [3.8, 4) is 22.9 Å². The van der Waals surface area contributed by atoms with Gasteiger partial charge in [0.2, 0.25) is 12.6 Å². The number of aromatic nitrogens is 3. The van der Waals surface area contributed by atoms with Crippen LogP contribution < -0.4 is 14.9 Å². The lowest BCUT2D eigenvalue weighted by atomic mass is 10.1. The molecule has 5 rings (SSSR count). The van der Waals surface area contributed by atoms with Crippen LogP contribution in [0.3, 0.4) is 0 Å². The lowest BCUT2D eigenvalue weighted by Crippen LogP contribution is -2.15. The normalized spacial score (nSPS) is 14.9. The molecule has 136 valence electrons. The molecule has 27 heavy (non-hydrogen) atoms. The molecule has 2 aromatic heterocycles. The molecule has 0 atom stereocenters. The number of benzene rings is 1. The second kappa shape index (κ2) is 6.12. The number of aryl methyl sites for hydroxylation is 1. The van der Waals surface area contributed by atoms with Crippen molar-refractivity contribution in [3.05, 3.63) is 57.3 Å². The Kier molecular flexibility index (Phi) is 3.60. The zero-order chi connectivity index (χ0) is 18.4. The van der Waals surface area contributed by atoms with Crippen LogP contribution in [-0.4, -0.2) is 21.5 Å². The van der Waals surface area contributed by atoms with E-state index in [2.05, 4.69) is 14.7 Å². The molecular weight excluding hydrogens is 346 g/mol. The standard InChI is InChI=1S/C20H17N3O4/c1-12-9-15(24)19(14-3-2-8-23(12)14)20-21-18(27-22-20)7-5-13-4-6-16-17(10-13)26-11-25-16/h4-7,9-10H,2-3,8,11H2,1H3/b7-5+. The molecule has 0 fully saturated rings. The Balaban J connectivity index is 1.46. The van der Waals surface area contributed by atoms with E-state index in [4.69, 9.17) is 14.0 Å². The Morgan fingerprint density at radius 1 is 1.15 bits per heavy atom. The molecular formula is C20H17N3O4. The van der Waals surface area contributed by atoms with Crippen molar-refractivity contribution in [2.75, 3.05) is 6.79 Å². The van der Waals surface area contributed by atoms with Gasteiger partial charge in [-0.1, -0.05) is 11.2 Å². The van der Waals surface area contributed by atoms with E-state index >= 15 is 0 Å². The molecule has 0 unspecified atom stereocenters. The minimum atomic E-state index is -0.0623. The average molecular weight is 363 g/mol. The van der Waals surface area contributed by atoms with E-state index < -0.39 is 0 Å². The van der Waals surface area contributed by atoms with Gasteiger partial charge in [0.1, 0.15) is 0 Å². The van der Waals surface area contributed by atoms with Crippen LogP contribution in [0.2, 0.25) is 0 Å². The number of fused-ring (bicyclic) bond motifs is 2. The van der Waals surface area contributed by atoms with Crippen molar-refractivity contribution in [1.82, 2.24) is 14.7 Å². The number of pyridine rings is 1. The van der Waals surface area contributed by atoms with Gasteiger partial charge in [0.05, 0.1) is 5.56 Å². The predicted octanol–water partition coefficient (Wildman–Crippen LogP) is 3.05. The zero-order valence-corrected chi connectivity index (χ0v) is 14.8. The minimum absolute atomic E-state index is 0.0623. The number of rotatable bonds is 3. The van der Waals surface area contributed by atoms with E-state index in [9.17, 15) is 4.79 Å². The van der Waals surface area contributed by atoms with Gasteiger partial charge in [0.15, 0.2) is 16.9 Å². The van der Waals surface area contributed by atoms with Crippen molar-refractivity contribution in [2.45, 2.75) is 26.3 Å². The van der Waals surface area contributed by atoms with Gasteiger partial charge in [-0.3, -0.25) is 4.79 Å². The molecule has 1 aromatic carbocycles. The van der Waals surface area contributed by atoms with Crippen molar-refractivity contribution in [3.63, 3.8) is 0 Å². The van der Waals surface area contributed by atoms with Gasteiger partial charge < -0.3 is 18.6 Å². The number of ether oxygens (including phenoxy) is 2. The Bertz CT molecular complexity index is 1130. The highest BCUT2D eigenvalue weighted by Gasteiger charge is 2.22. The molecule has 2 aliphatic heterocycles. The summed E-state index contributed by atoms with van der Waals surface area (Å²) in [5.74, 6) is 2.14. The summed E-state index contributed by atoms with van der Waals surface area (Å²) in [6.45, 7) is 3.12. The fourth-order valence-electron chi connectivity index (χ4n) is 3.63. The Hall–Kier alpha value is -3.35. The minimum Gasteiger partial charge on any atom is -0.454 e. The van der Waals surface area contributed by atoms with Gasteiger partial charge in [-0.2, -0.15) is 4.98 Å². The SMILES string of the molecule is Cc1cc(=O)c(-c2noc(/C=C/c3ccc4c(c3)OCO4)n2)c2n1CCC2. The molecule has 0 radical (unpaired) electrons. The second-order valence-corrected chi connectivity index (χ2v) is 6.63. The number of hydrogen-bond donors (Lipinski definition) is 0. The summed E-state index contributed by atoms with van der Waals surface area (Å²) >= 11 is 0. The lowest BCUT2D eigenvalue weighted by Gasteiger charge is -2.10. The third-order valence-electron chi connectivity index (χ3n) is 4.90. The summed E-state index contributed by atoms with van der Waals surface area (Å²) in [6, 6.07) is 7.30. The highest BCUT2D eigenvalue weighted by Crippen LogP contribution is 2.33.